The Balaban J connectivity index is 1.75. The van der Waals surface area contributed by atoms with Crippen LogP contribution in [-0.4, -0.2) is 40.1 Å². The first kappa shape index (κ1) is 19.0. The third-order valence-corrected chi connectivity index (χ3v) is 5.05. The second-order valence-corrected chi connectivity index (χ2v) is 6.77. The van der Waals surface area contributed by atoms with Crippen LogP contribution in [0.15, 0.2) is 59.8 Å². The molecule has 0 N–H and O–H groups in total. The van der Waals surface area contributed by atoms with E-state index >= 15 is 0 Å². The Morgan fingerprint density at radius 3 is 2.44 bits per heavy atom. The zero-order valence-electron chi connectivity index (χ0n) is 15.6. The van der Waals surface area contributed by atoms with Crippen molar-refractivity contribution in [1.82, 2.24) is 14.8 Å². The first-order valence-corrected chi connectivity index (χ1v) is 9.67. The third kappa shape index (κ3) is 4.31. The number of carbonyl (C=O) groups is 1. The maximum absolute atomic E-state index is 12.7. The summed E-state index contributed by atoms with van der Waals surface area (Å²) in [6.07, 6.45) is 0. The molecule has 1 amide bonds. The van der Waals surface area contributed by atoms with Gasteiger partial charge in [-0.1, -0.05) is 30.0 Å². The monoisotopic (exact) mass is 382 g/mol. The minimum atomic E-state index is 0.0376. The Morgan fingerprint density at radius 2 is 1.81 bits per heavy atom. The molecule has 0 radical (unpaired) electrons. The van der Waals surface area contributed by atoms with Crippen molar-refractivity contribution >= 4 is 23.4 Å². The molecule has 1 aromatic heterocycles. The second-order valence-electron chi connectivity index (χ2n) is 5.83. The van der Waals surface area contributed by atoms with E-state index in [-0.39, 0.29) is 11.7 Å². The topological polar surface area (TPSA) is 60.2 Å². The van der Waals surface area contributed by atoms with Gasteiger partial charge in [-0.2, -0.15) is 0 Å². The van der Waals surface area contributed by atoms with Crippen molar-refractivity contribution in [2.75, 3.05) is 24.3 Å². The lowest BCUT2D eigenvalue weighted by Crippen LogP contribution is -2.32. The van der Waals surface area contributed by atoms with Gasteiger partial charge in [-0.15, -0.1) is 10.2 Å². The lowest BCUT2D eigenvalue weighted by atomic mass is 10.3. The lowest BCUT2D eigenvalue weighted by molar-refractivity contribution is -0.116. The van der Waals surface area contributed by atoms with Crippen molar-refractivity contribution in [1.29, 1.82) is 0 Å². The summed E-state index contributed by atoms with van der Waals surface area (Å²) in [5, 5.41) is 9.10. The predicted molar refractivity (Wildman–Crippen MR) is 108 cm³/mol. The van der Waals surface area contributed by atoms with Crippen LogP contribution in [0.5, 0.6) is 5.75 Å². The number of aryl methyl sites for hydroxylation is 1. The summed E-state index contributed by atoms with van der Waals surface area (Å²) in [6.45, 7) is 4.48. The number of ether oxygens (including phenoxy) is 1. The number of rotatable bonds is 7. The van der Waals surface area contributed by atoms with Gasteiger partial charge < -0.3 is 9.64 Å². The van der Waals surface area contributed by atoms with Gasteiger partial charge in [-0.3, -0.25) is 9.36 Å². The molecular weight excluding hydrogens is 360 g/mol. The average molecular weight is 382 g/mol. The van der Waals surface area contributed by atoms with Crippen LogP contribution in [0.4, 0.5) is 5.69 Å². The van der Waals surface area contributed by atoms with Crippen molar-refractivity contribution in [2.24, 2.45) is 0 Å². The molecule has 7 heteroatoms. The molecule has 2 aromatic carbocycles. The quantitative estimate of drug-likeness (QED) is 0.583. The Morgan fingerprint density at radius 1 is 1.11 bits per heavy atom. The predicted octanol–water partition coefficient (Wildman–Crippen LogP) is 3.73. The largest absolute Gasteiger partial charge is 0.497 e. The highest BCUT2D eigenvalue weighted by molar-refractivity contribution is 7.99. The van der Waals surface area contributed by atoms with Crippen LogP contribution in [0, 0.1) is 6.92 Å². The molecule has 0 saturated carbocycles. The highest BCUT2D eigenvalue weighted by Crippen LogP contribution is 2.24. The molecule has 140 valence electrons. The molecule has 0 fully saturated rings. The Hall–Kier alpha value is -2.80. The maximum atomic E-state index is 12.7. The highest BCUT2D eigenvalue weighted by Gasteiger charge is 2.17. The minimum Gasteiger partial charge on any atom is -0.497 e. The number of amides is 1. The van der Waals surface area contributed by atoms with Crippen molar-refractivity contribution in [3.63, 3.8) is 0 Å². The summed E-state index contributed by atoms with van der Waals surface area (Å²) in [6, 6.07) is 17.4. The molecule has 0 saturated heterocycles. The molecule has 3 rings (SSSR count). The maximum Gasteiger partial charge on any atom is 0.237 e. The van der Waals surface area contributed by atoms with Gasteiger partial charge in [0, 0.05) is 17.9 Å². The fourth-order valence-corrected chi connectivity index (χ4v) is 3.65. The number of anilines is 1. The summed E-state index contributed by atoms with van der Waals surface area (Å²) in [5.41, 5.74) is 1.84. The summed E-state index contributed by atoms with van der Waals surface area (Å²) in [7, 11) is 1.64. The van der Waals surface area contributed by atoms with Gasteiger partial charge in [0.2, 0.25) is 5.91 Å². The van der Waals surface area contributed by atoms with E-state index in [4.69, 9.17) is 4.74 Å². The van der Waals surface area contributed by atoms with Crippen LogP contribution in [0.1, 0.15) is 12.7 Å². The first-order chi connectivity index (χ1) is 13.1. The summed E-state index contributed by atoms with van der Waals surface area (Å²) < 4.78 is 7.15. The highest BCUT2D eigenvalue weighted by atomic mass is 32.2. The van der Waals surface area contributed by atoms with E-state index in [1.165, 1.54) is 11.8 Å². The minimum absolute atomic E-state index is 0.0376. The molecular formula is C20H22N4O2S. The molecule has 0 atom stereocenters. The van der Waals surface area contributed by atoms with E-state index in [1.54, 1.807) is 12.0 Å². The Kier molecular flexibility index (Phi) is 6.13. The summed E-state index contributed by atoms with van der Waals surface area (Å²) in [5.74, 6) is 1.88. The molecule has 0 aliphatic rings. The molecule has 0 bridgehead atoms. The number of nitrogens with zero attached hydrogens (tertiary/aromatic N) is 4. The van der Waals surface area contributed by atoms with Crippen LogP contribution < -0.4 is 9.64 Å². The van der Waals surface area contributed by atoms with E-state index in [0.717, 1.165) is 22.9 Å². The van der Waals surface area contributed by atoms with E-state index in [2.05, 4.69) is 10.2 Å². The standard InChI is InChI=1S/C20H22N4O2S/c1-4-23(16-8-6-5-7-9-16)19(25)14-27-20-22-21-15(2)24(20)17-10-12-18(26-3)13-11-17/h5-13H,4,14H2,1-3H3. The normalized spacial score (nSPS) is 10.6. The van der Waals surface area contributed by atoms with Gasteiger partial charge in [0.05, 0.1) is 12.9 Å². The number of hydrogen-bond donors (Lipinski definition) is 0. The van der Waals surface area contributed by atoms with Gasteiger partial charge in [0.15, 0.2) is 5.16 Å². The second kappa shape index (κ2) is 8.73. The first-order valence-electron chi connectivity index (χ1n) is 8.68. The Labute approximate surface area is 163 Å². The zero-order valence-corrected chi connectivity index (χ0v) is 16.4. The fraction of sp³-hybridized carbons (Fsp3) is 0.250. The number of aromatic nitrogens is 3. The molecule has 3 aromatic rings. The number of para-hydroxylation sites is 1. The smallest absolute Gasteiger partial charge is 0.237 e. The number of hydrogen-bond acceptors (Lipinski definition) is 5. The zero-order chi connectivity index (χ0) is 19.2. The fourth-order valence-electron chi connectivity index (χ4n) is 2.78. The van der Waals surface area contributed by atoms with Gasteiger partial charge in [0.25, 0.3) is 0 Å². The van der Waals surface area contributed by atoms with Crippen LogP contribution in [0.2, 0.25) is 0 Å². The van der Waals surface area contributed by atoms with Crippen LogP contribution in [-0.2, 0) is 4.79 Å². The number of benzene rings is 2. The van der Waals surface area contributed by atoms with Crippen molar-refractivity contribution in [2.45, 2.75) is 19.0 Å². The molecule has 0 unspecified atom stereocenters. The van der Waals surface area contributed by atoms with E-state index in [1.807, 2.05) is 73.0 Å². The molecule has 6 nitrogen and oxygen atoms in total. The van der Waals surface area contributed by atoms with Gasteiger partial charge in [-0.05, 0) is 50.2 Å². The number of thioether (sulfide) groups is 1. The molecule has 0 spiro atoms. The number of carbonyl (C=O) groups excluding carboxylic acids is 1. The summed E-state index contributed by atoms with van der Waals surface area (Å²) in [4.78, 5) is 14.5. The number of methoxy groups -OCH3 is 1. The van der Waals surface area contributed by atoms with E-state index < -0.39 is 0 Å². The van der Waals surface area contributed by atoms with Crippen molar-refractivity contribution in [3.05, 3.63) is 60.4 Å². The van der Waals surface area contributed by atoms with Crippen LogP contribution in [0.25, 0.3) is 5.69 Å². The van der Waals surface area contributed by atoms with Gasteiger partial charge >= 0.3 is 0 Å². The SMILES string of the molecule is CCN(C(=O)CSc1nnc(C)n1-c1ccc(OC)cc1)c1ccccc1. The van der Waals surface area contributed by atoms with E-state index in [0.29, 0.717) is 11.7 Å². The third-order valence-electron chi connectivity index (χ3n) is 4.14. The van der Waals surface area contributed by atoms with Crippen LogP contribution >= 0.6 is 11.8 Å². The Bertz CT molecular complexity index is 894. The average Bonchev–Trinajstić information content (AvgIpc) is 3.08. The molecule has 0 aliphatic heterocycles. The van der Waals surface area contributed by atoms with Gasteiger partial charge in [-0.25, -0.2) is 0 Å². The van der Waals surface area contributed by atoms with E-state index in [9.17, 15) is 4.79 Å². The van der Waals surface area contributed by atoms with Gasteiger partial charge in [0.1, 0.15) is 11.6 Å². The van der Waals surface area contributed by atoms with Crippen molar-refractivity contribution < 1.29 is 9.53 Å². The summed E-state index contributed by atoms with van der Waals surface area (Å²) >= 11 is 1.39. The molecule has 1 heterocycles. The van der Waals surface area contributed by atoms with Crippen LogP contribution in [0.3, 0.4) is 0 Å². The molecule has 0 aliphatic carbocycles. The molecule has 27 heavy (non-hydrogen) atoms. The lowest BCUT2D eigenvalue weighted by Gasteiger charge is -2.20. The van der Waals surface area contributed by atoms with Crippen molar-refractivity contribution in [3.8, 4) is 11.4 Å².